The van der Waals surface area contributed by atoms with Crippen LogP contribution < -0.4 is 11.0 Å². The number of carbonyl (C=O) groups excluding carboxylic acids is 1. The van der Waals surface area contributed by atoms with Crippen molar-refractivity contribution in [2.75, 3.05) is 0 Å². The molecule has 2 heterocycles. The number of aromatic nitrogens is 2. The van der Waals surface area contributed by atoms with Crippen molar-refractivity contribution in [2.45, 2.75) is 45.6 Å². The highest BCUT2D eigenvalue weighted by Gasteiger charge is 2.17. The molecule has 146 valence electrons. The van der Waals surface area contributed by atoms with Gasteiger partial charge in [-0.05, 0) is 73.6 Å². The van der Waals surface area contributed by atoms with Crippen molar-refractivity contribution >= 4 is 22.5 Å². The minimum absolute atomic E-state index is 0.0278. The van der Waals surface area contributed by atoms with Gasteiger partial charge in [-0.15, -0.1) is 0 Å². The van der Waals surface area contributed by atoms with Gasteiger partial charge < -0.3 is 0 Å². The van der Waals surface area contributed by atoms with Crippen molar-refractivity contribution in [3.05, 3.63) is 74.8 Å². The zero-order valence-corrected chi connectivity index (χ0v) is 16.4. The molecule has 0 fully saturated rings. The molecule has 1 aliphatic heterocycles. The average Bonchev–Trinajstić information content (AvgIpc) is 3.40. The standard InChI is InChI=1S/C23H22N4O2/c1-14(16-8-7-15-4-2-5-17(15)12-16)25-26-22(28)18-9-10-19-20(13-18)24-21-6-3-11-27(21)23(19)29/h7-10,12-13H,2-6,11H2,1H3,(H,26,28)/b25-14-. The van der Waals surface area contributed by atoms with Gasteiger partial charge in [-0.2, -0.15) is 5.10 Å². The third kappa shape index (κ3) is 3.14. The third-order valence-electron chi connectivity index (χ3n) is 5.92. The third-order valence-corrected chi connectivity index (χ3v) is 5.92. The molecule has 1 amide bonds. The predicted octanol–water partition coefficient (Wildman–Crippen LogP) is 2.99. The molecule has 5 rings (SSSR count). The van der Waals surface area contributed by atoms with Crippen molar-refractivity contribution in [3.63, 3.8) is 0 Å². The monoisotopic (exact) mass is 386 g/mol. The number of nitrogens with zero attached hydrogens (tertiary/aromatic N) is 3. The van der Waals surface area contributed by atoms with E-state index in [9.17, 15) is 9.59 Å². The van der Waals surface area contributed by atoms with Crippen molar-refractivity contribution in [2.24, 2.45) is 5.10 Å². The van der Waals surface area contributed by atoms with Gasteiger partial charge in [0.05, 0.1) is 16.6 Å². The Balaban J connectivity index is 1.39. The number of fused-ring (bicyclic) bond motifs is 3. The Hall–Kier alpha value is -3.28. The molecule has 0 saturated carbocycles. The van der Waals surface area contributed by atoms with Gasteiger partial charge >= 0.3 is 0 Å². The quantitative estimate of drug-likeness (QED) is 0.555. The molecular formula is C23H22N4O2. The molecule has 2 aliphatic rings. The topological polar surface area (TPSA) is 76.3 Å². The Morgan fingerprint density at radius 2 is 1.86 bits per heavy atom. The van der Waals surface area contributed by atoms with E-state index in [-0.39, 0.29) is 11.5 Å². The normalized spacial score (nSPS) is 15.4. The van der Waals surface area contributed by atoms with Gasteiger partial charge in [0.25, 0.3) is 11.5 Å². The van der Waals surface area contributed by atoms with Crippen LogP contribution in [-0.2, 0) is 25.8 Å². The van der Waals surface area contributed by atoms with Crippen LogP contribution in [0.1, 0.15) is 52.6 Å². The Labute approximate surface area is 168 Å². The molecule has 6 heteroatoms. The van der Waals surface area contributed by atoms with Crippen LogP contribution in [0.5, 0.6) is 0 Å². The minimum Gasteiger partial charge on any atom is -0.296 e. The summed E-state index contributed by atoms with van der Waals surface area (Å²) in [5.41, 5.74) is 8.19. The maximum Gasteiger partial charge on any atom is 0.271 e. The molecule has 6 nitrogen and oxygen atoms in total. The number of nitrogens with one attached hydrogen (secondary N) is 1. The summed E-state index contributed by atoms with van der Waals surface area (Å²) in [6.45, 7) is 2.61. The van der Waals surface area contributed by atoms with E-state index >= 15 is 0 Å². The van der Waals surface area contributed by atoms with Crippen molar-refractivity contribution in [1.29, 1.82) is 0 Å². The van der Waals surface area contributed by atoms with E-state index in [0.717, 1.165) is 49.3 Å². The molecule has 0 saturated heterocycles. The zero-order chi connectivity index (χ0) is 20.0. The molecule has 0 spiro atoms. The lowest BCUT2D eigenvalue weighted by molar-refractivity contribution is 0.0955. The van der Waals surface area contributed by atoms with Gasteiger partial charge in [-0.3, -0.25) is 14.2 Å². The number of hydrogen-bond acceptors (Lipinski definition) is 4. The van der Waals surface area contributed by atoms with Crippen LogP contribution in [0.4, 0.5) is 0 Å². The summed E-state index contributed by atoms with van der Waals surface area (Å²) in [5.74, 6) is 0.486. The Morgan fingerprint density at radius 3 is 2.76 bits per heavy atom. The second kappa shape index (κ2) is 6.95. The Kier molecular flexibility index (Phi) is 4.27. The van der Waals surface area contributed by atoms with Crippen LogP contribution in [0.2, 0.25) is 0 Å². The molecular weight excluding hydrogens is 364 g/mol. The molecule has 29 heavy (non-hydrogen) atoms. The summed E-state index contributed by atoms with van der Waals surface area (Å²) in [4.78, 5) is 29.7. The van der Waals surface area contributed by atoms with E-state index in [1.807, 2.05) is 6.92 Å². The van der Waals surface area contributed by atoms with Crippen LogP contribution >= 0.6 is 0 Å². The van der Waals surface area contributed by atoms with Gasteiger partial charge in [0.1, 0.15) is 5.82 Å². The van der Waals surface area contributed by atoms with Gasteiger partial charge in [0, 0.05) is 18.5 Å². The van der Waals surface area contributed by atoms with E-state index in [1.165, 1.54) is 17.5 Å². The molecule has 1 N–H and O–H groups in total. The zero-order valence-electron chi connectivity index (χ0n) is 16.4. The number of hydrazone groups is 1. The smallest absolute Gasteiger partial charge is 0.271 e. The molecule has 2 aromatic carbocycles. The van der Waals surface area contributed by atoms with Crippen molar-refractivity contribution in [3.8, 4) is 0 Å². The van der Waals surface area contributed by atoms with Crippen LogP contribution in [-0.4, -0.2) is 21.2 Å². The molecule has 3 aromatic rings. The highest BCUT2D eigenvalue weighted by atomic mass is 16.2. The summed E-state index contributed by atoms with van der Waals surface area (Å²) >= 11 is 0. The lowest BCUT2D eigenvalue weighted by Gasteiger charge is -2.07. The van der Waals surface area contributed by atoms with Crippen LogP contribution in [0.15, 0.2) is 46.3 Å². The molecule has 0 radical (unpaired) electrons. The predicted molar refractivity (Wildman–Crippen MR) is 112 cm³/mol. The minimum atomic E-state index is -0.310. The van der Waals surface area contributed by atoms with Gasteiger partial charge in [-0.1, -0.05) is 12.1 Å². The molecule has 0 bridgehead atoms. The lowest BCUT2D eigenvalue weighted by Crippen LogP contribution is -2.22. The first-order chi connectivity index (χ1) is 14.1. The van der Waals surface area contributed by atoms with E-state index in [4.69, 9.17) is 0 Å². The van der Waals surface area contributed by atoms with E-state index in [1.54, 1.807) is 22.8 Å². The number of carbonyl (C=O) groups is 1. The van der Waals surface area contributed by atoms with Gasteiger partial charge in [0.15, 0.2) is 0 Å². The second-order valence-corrected chi connectivity index (χ2v) is 7.80. The summed E-state index contributed by atoms with van der Waals surface area (Å²) in [6.07, 6.45) is 5.19. The van der Waals surface area contributed by atoms with Crippen LogP contribution in [0.25, 0.3) is 10.9 Å². The van der Waals surface area contributed by atoms with Crippen LogP contribution in [0, 0.1) is 0 Å². The summed E-state index contributed by atoms with van der Waals surface area (Å²) in [5, 5.41) is 4.83. The first kappa shape index (κ1) is 17.8. The fourth-order valence-corrected chi connectivity index (χ4v) is 4.29. The number of benzene rings is 2. The first-order valence-electron chi connectivity index (χ1n) is 10.1. The SMILES string of the molecule is C/C(=N/NC(=O)c1ccc2c(=O)n3c(nc2c1)CCC3)c1ccc2c(c1)CCC2. The second-order valence-electron chi connectivity index (χ2n) is 7.80. The molecule has 1 aromatic heterocycles. The summed E-state index contributed by atoms with van der Waals surface area (Å²) < 4.78 is 1.73. The Morgan fingerprint density at radius 1 is 1.03 bits per heavy atom. The summed E-state index contributed by atoms with van der Waals surface area (Å²) in [6, 6.07) is 11.4. The number of amides is 1. The highest BCUT2D eigenvalue weighted by Crippen LogP contribution is 2.23. The van der Waals surface area contributed by atoms with Gasteiger partial charge in [-0.25, -0.2) is 10.4 Å². The molecule has 0 atom stereocenters. The molecule has 0 unspecified atom stereocenters. The average molecular weight is 386 g/mol. The maximum atomic E-state index is 12.6. The first-order valence-corrected chi connectivity index (χ1v) is 10.1. The number of rotatable bonds is 3. The van der Waals surface area contributed by atoms with Crippen molar-refractivity contribution in [1.82, 2.24) is 15.0 Å². The summed E-state index contributed by atoms with van der Waals surface area (Å²) in [7, 11) is 0. The number of hydrogen-bond donors (Lipinski definition) is 1. The van der Waals surface area contributed by atoms with Gasteiger partial charge in [0.2, 0.25) is 0 Å². The highest BCUT2D eigenvalue weighted by molar-refractivity contribution is 6.02. The maximum absolute atomic E-state index is 12.6. The fourth-order valence-electron chi connectivity index (χ4n) is 4.29. The molecule has 1 aliphatic carbocycles. The Bertz CT molecular complexity index is 1240. The number of aryl methyl sites for hydroxylation is 3. The lowest BCUT2D eigenvalue weighted by atomic mass is 10.0. The van der Waals surface area contributed by atoms with E-state index in [2.05, 4.69) is 33.7 Å². The fraction of sp³-hybridized carbons (Fsp3) is 0.304. The van der Waals surface area contributed by atoms with Crippen LogP contribution in [0.3, 0.4) is 0 Å². The van der Waals surface area contributed by atoms with E-state index < -0.39 is 0 Å². The largest absolute Gasteiger partial charge is 0.296 e. The van der Waals surface area contributed by atoms with E-state index in [0.29, 0.717) is 16.5 Å². The van der Waals surface area contributed by atoms with Crippen molar-refractivity contribution < 1.29 is 4.79 Å².